The van der Waals surface area contributed by atoms with E-state index in [2.05, 4.69) is 36.7 Å². The third kappa shape index (κ3) is 3.40. The summed E-state index contributed by atoms with van der Waals surface area (Å²) in [5.41, 5.74) is 0.574. The summed E-state index contributed by atoms with van der Waals surface area (Å²) in [6.07, 6.45) is 5.94. The molecule has 0 radical (unpaired) electrons. The lowest BCUT2D eigenvalue weighted by molar-refractivity contribution is 0.565. The minimum atomic E-state index is -0.118. The molecule has 0 atom stereocenters. The molecule has 102 valence electrons. The van der Waals surface area contributed by atoms with Crippen LogP contribution in [-0.4, -0.2) is 31.3 Å². The molecule has 19 heavy (non-hydrogen) atoms. The van der Waals surface area contributed by atoms with Crippen molar-refractivity contribution in [2.75, 3.05) is 11.9 Å². The van der Waals surface area contributed by atoms with Gasteiger partial charge < -0.3 is 5.32 Å². The van der Waals surface area contributed by atoms with E-state index in [1.807, 2.05) is 6.92 Å². The zero-order valence-electron chi connectivity index (χ0n) is 10.6. The summed E-state index contributed by atoms with van der Waals surface area (Å²) < 4.78 is 3.67. The Labute approximate surface area is 118 Å². The molecule has 2 heterocycles. The van der Waals surface area contributed by atoms with Crippen molar-refractivity contribution in [2.45, 2.75) is 26.4 Å². The largest absolute Gasteiger partial charge is 0.381 e. The van der Waals surface area contributed by atoms with E-state index in [-0.39, 0.29) is 5.56 Å². The number of halogens is 1. The Morgan fingerprint density at radius 2 is 2.26 bits per heavy atom. The van der Waals surface area contributed by atoms with Crippen molar-refractivity contribution in [3.63, 3.8) is 0 Å². The first-order valence-electron chi connectivity index (χ1n) is 6.06. The lowest BCUT2D eigenvalue weighted by Gasteiger charge is -2.09. The van der Waals surface area contributed by atoms with Crippen molar-refractivity contribution >= 4 is 21.6 Å². The quantitative estimate of drug-likeness (QED) is 0.860. The third-order valence-corrected chi connectivity index (χ3v) is 3.31. The molecular formula is C11H15BrN6O. The van der Waals surface area contributed by atoms with Crippen LogP contribution in [0.5, 0.6) is 0 Å². The van der Waals surface area contributed by atoms with Gasteiger partial charge in [0.2, 0.25) is 0 Å². The highest BCUT2D eigenvalue weighted by atomic mass is 79.9. The molecule has 0 bridgehead atoms. The number of nitrogens with zero attached hydrogens (tertiary/aromatic N) is 5. The molecule has 0 unspecified atom stereocenters. The molecule has 2 aromatic heterocycles. The highest BCUT2D eigenvalue weighted by molar-refractivity contribution is 9.10. The van der Waals surface area contributed by atoms with Gasteiger partial charge in [-0.15, -0.1) is 5.10 Å². The summed E-state index contributed by atoms with van der Waals surface area (Å²) >= 11 is 3.31. The van der Waals surface area contributed by atoms with Crippen molar-refractivity contribution in [3.05, 3.63) is 33.4 Å². The maximum atomic E-state index is 12.0. The van der Waals surface area contributed by atoms with E-state index in [1.165, 1.54) is 4.68 Å². The molecule has 0 saturated heterocycles. The van der Waals surface area contributed by atoms with Gasteiger partial charge in [0, 0.05) is 19.3 Å². The smallest absolute Gasteiger partial charge is 0.283 e. The van der Waals surface area contributed by atoms with Gasteiger partial charge in [0.25, 0.3) is 5.56 Å². The van der Waals surface area contributed by atoms with Gasteiger partial charge in [-0.05, 0) is 22.4 Å². The van der Waals surface area contributed by atoms with Gasteiger partial charge in [0.1, 0.15) is 4.47 Å². The predicted octanol–water partition coefficient (Wildman–Crippen LogP) is 1.12. The van der Waals surface area contributed by atoms with E-state index >= 15 is 0 Å². The van der Waals surface area contributed by atoms with E-state index in [1.54, 1.807) is 23.3 Å². The zero-order chi connectivity index (χ0) is 13.7. The van der Waals surface area contributed by atoms with Gasteiger partial charge in [-0.1, -0.05) is 12.1 Å². The van der Waals surface area contributed by atoms with Crippen molar-refractivity contribution < 1.29 is 0 Å². The average molecular weight is 327 g/mol. The molecule has 0 fully saturated rings. The molecule has 7 nitrogen and oxygen atoms in total. The van der Waals surface area contributed by atoms with Gasteiger partial charge in [-0.2, -0.15) is 5.10 Å². The Morgan fingerprint density at radius 1 is 1.42 bits per heavy atom. The fraction of sp³-hybridized carbons (Fsp3) is 0.455. The molecule has 0 spiro atoms. The Morgan fingerprint density at radius 3 is 2.95 bits per heavy atom. The first kappa shape index (κ1) is 13.7. The van der Waals surface area contributed by atoms with Crippen LogP contribution in [0.3, 0.4) is 0 Å². The second-order valence-electron chi connectivity index (χ2n) is 3.99. The molecule has 1 N–H and O–H groups in total. The van der Waals surface area contributed by atoms with Crippen LogP contribution in [0.4, 0.5) is 5.69 Å². The summed E-state index contributed by atoms with van der Waals surface area (Å²) in [5, 5.41) is 14.9. The molecule has 2 rings (SSSR count). The number of rotatable bonds is 6. The lowest BCUT2D eigenvalue weighted by atomic mass is 10.4. The van der Waals surface area contributed by atoms with E-state index in [0.29, 0.717) is 29.8 Å². The number of anilines is 1. The van der Waals surface area contributed by atoms with Crippen LogP contribution < -0.4 is 10.9 Å². The third-order valence-electron chi connectivity index (χ3n) is 2.55. The Hall–Kier alpha value is -1.70. The van der Waals surface area contributed by atoms with E-state index in [4.69, 9.17) is 0 Å². The van der Waals surface area contributed by atoms with Crippen molar-refractivity contribution in [1.29, 1.82) is 0 Å². The minimum absolute atomic E-state index is 0.118. The van der Waals surface area contributed by atoms with Crippen molar-refractivity contribution in [3.8, 4) is 0 Å². The highest BCUT2D eigenvalue weighted by Crippen LogP contribution is 2.15. The maximum Gasteiger partial charge on any atom is 0.283 e. The van der Waals surface area contributed by atoms with Crippen LogP contribution in [0.2, 0.25) is 0 Å². The fourth-order valence-electron chi connectivity index (χ4n) is 1.62. The SMILES string of the molecule is CCCn1ncc(NCCn2ccnn2)c(Br)c1=O. The predicted molar refractivity (Wildman–Crippen MR) is 75.0 cm³/mol. The van der Waals surface area contributed by atoms with Gasteiger partial charge in [0.05, 0.1) is 24.6 Å². The number of nitrogens with one attached hydrogen (secondary N) is 1. The highest BCUT2D eigenvalue weighted by Gasteiger charge is 2.07. The number of hydrogen-bond acceptors (Lipinski definition) is 5. The lowest BCUT2D eigenvalue weighted by Crippen LogP contribution is -2.25. The summed E-state index contributed by atoms with van der Waals surface area (Å²) in [6.45, 7) is 3.94. The van der Waals surface area contributed by atoms with Crippen LogP contribution in [0, 0.1) is 0 Å². The molecule has 0 amide bonds. The Bertz CT molecular complexity index is 579. The van der Waals surface area contributed by atoms with Crippen LogP contribution in [-0.2, 0) is 13.1 Å². The number of aryl methyl sites for hydroxylation is 1. The first-order chi connectivity index (χ1) is 9.22. The maximum absolute atomic E-state index is 12.0. The van der Waals surface area contributed by atoms with E-state index in [9.17, 15) is 4.79 Å². The van der Waals surface area contributed by atoms with Crippen LogP contribution >= 0.6 is 15.9 Å². The summed E-state index contributed by atoms with van der Waals surface area (Å²) in [6, 6.07) is 0. The van der Waals surface area contributed by atoms with Gasteiger partial charge in [0.15, 0.2) is 0 Å². The molecule has 0 aliphatic heterocycles. The van der Waals surface area contributed by atoms with Crippen molar-refractivity contribution in [2.24, 2.45) is 0 Å². The van der Waals surface area contributed by atoms with Gasteiger partial charge in [-0.25, -0.2) is 4.68 Å². The molecular weight excluding hydrogens is 312 g/mol. The molecule has 8 heteroatoms. The van der Waals surface area contributed by atoms with Crippen molar-refractivity contribution in [1.82, 2.24) is 24.8 Å². The van der Waals surface area contributed by atoms with Crippen LogP contribution in [0.1, 0.15) is 13.3 Å². The van der Waals surface area contributed by atoms with Crippen LogP contribution in [0.25, 0.3) is 0 Å². The normalized spacial score (nSPS) is 10.6. The molecule has 0 aliphatic rings. The minimum Gasteiger partial charge on any atom is -0.381 e. The summed E-state index contributed by atoms with van der Waals surface area (Å²) in [7, 11) is 0. The molecule has 0 aromatic carbocycles. The zero-order valence-corrected chi connectivity index (χ0v) is 12.2. The molecule has 0 saturated carbocycles. The second-order valence-corrected chi connectivity index (χ2v) is 4.79. The van der Waals surface area contributed by atoms with Gasteiger partial charge in [-0.3, -0.25) is 9.48 Å². The number of aromatic nitrogens is 5. The van der Waals surface area contributed by atoms with E-state index < -0.39 is 0 Å². The average Bonchev–Trinajstić information content (AvgIpc) is 2.91. The Balaban J connectivity index is 2.01. The van der Waals surface area contributed by atoms with E-state index in [0.717, 1.165) is 6.42 Å². The monoisotopic (exact) mass is 326 g/mol. The molecule has 0 aliphatic carbocycles. The second kappa shape index (κ2) is 6.46. The standard InChI is InChI=1S/C11H15BrN6O/c1-2-5-18-11(19)10(12)9(8-15-18)13-3-6-17-7-4-14-16-17/h4,7-8,13H,2-3,5-6H2,1H3. The van der Waals surface area contributed by atoms with Crippen LogP contribution in [0.15, 0.2) is 27.9 Å². The topological polar surface area (TPSA) is 77.6 Å². The fourth-order valence-corrected chi connectivity index (χ4v) is 2.06. The Kier molecular flexibility index (Phi) is 4.67. The number of hydrogen-bond donors (Lipinski definition) is 1. The molecule has 2 aromatic rings. The summed E-state index contributed by atoms with van der Waals surface area (Å²) in [5.74, 6) is 0. The first-order valence-corrected chi connectivity index (χ1v) is 6.85. The van der Waals surface area contributed by atoms with Gasteiger partial charge >= 0.3 is 0 Å². The summed E-state index contributed by atoms with van der Waals surface area (Å²) in [4.78, 5) is 12.0.